The van der Waals surface area contributed by atoms with E-state index >= 15 is 0 Å². The summed E-state index contributed by atoms with van der Waals surface area (Å²) in [5.74, 6) is -0.0703. The van der Waals surface area contributed by atoms with Crippen molar-refractivity contribution in [2.75, 3.05) is 24.5 Å². The molecule has 1 saturated heterocycles. The second-order valence-electron chi connectivity index (χ2n) is 6.05. The number of anilines is 1. The molecule has 0 aromatic heterocycles. The van der Waals surface area contributed by atoms with Gasteiger partial charge in [-0.15, -0.1) is 0 Å². The minimum absolute atomic E-state index is 0.0321. The molecular weight excluding hydrogens is 239 g/mol. The lowest BCUT2D eigenvalue weighted by atomic mass is 9.79. The van der Waals surface area contributed by atoms with Gasteiger partial charge in [0.1, 0.15) is 5.82 Å². The van der Waals surface area contributed by atoms with Crippen LogP contribution in [0.4, 0.5) is 10.1 Å². The van der Waals surface area contributed by atoms with E-state index in [1.54, 1.807) is 6.07 Å². The van der Waals surface area contributed by atoms with Crippen LogP contribution in [0.25, 0.3) is 0 Å². The van der Waals surface area contributed by atoms with Crippen LogP contribution in [0.5, 0.6) is 0 Å². The lowest BCUT2D eigenvalue weighted by molar-refractivity contribution is 0.449. The van der Waals surface area contributed by atoms with Gasteiger partial charge in [0.05, 0.1) is 5.69 Å². The first-order valence-electron chi connectivity index (χ1n) is 7.50. The second-order valence-corrected chi connectivity index (χ2v) is 6.05. The predicted octanol–water partition coefficient (Wildman–Crippen LogP) is 3.20. The number of hydrogen-bond acceptors (Lipinski definition) is 2. The molecule has 1 aliphatic carbocycles. The van der Waals surface area contributed by atoms with Crippen molar-refractivity contribution in [3.05, 3.63) is 29.6 Å². The fraction of sp³-hybridized carbons (Fsp3) is 0.625. The van der Waals surface area contributed by atoms with Crippen LogP contribution in [-0.4, -0.2) is 19.6 Å². The van der Waals surface area contributed by atoms with Gasteiger partial charge in [-0.1, -0.05) is 18.9 Å². The Balaban J connectivity index is 1.90. The standard InChI is InChI=1S/C16H23FN2/c17-14-11-13(16(12-18)7-1-2-8-16)5-6-15(14)19-9-3-4-10-19/h5-6,11H,1-4,7-10,12,18H2. The lowest BCUT2D eigenvalue weighted by Gasteiger charge is -2.29. The third kappa shape index (κ3) is 2.25. The summed E-state index contributed by atoms with van der Waals surface area (Å²) >= 11 is 0. The molecule has 0 bridgehead atoms. The van der Waals surface area contributed by atoms with Crippen LogP contribution in [0.15, 0.2) is 18.2 Å². The molecule has 3 rings (SSSR count). The summed E-state index contributed by atoms with van der Waals surface area (Å²) in [6.45, 7) is 2.60. The van der Waals surface area contributed by atoms with E-state index in [1.165, 1.54) is 25.7 Å². The molecule has 0 unspecified atom stereocenters. The van der Waals surface area contributed by atoms with Gasteiger partial charge in [0.25, 0.3) is 0 Å². The van der Waals surface area contributed by atoms with Crippen molar-refractivity contribution in [3.63, 3.8) is 0 Å². The summed E-state index contributed by atoms with van der Waals surface area (Å²) in [5.41, 5.74) is 7.88. The molecule has 1 aromatic carbocycles. The van der Waals surface area contributed by atoms with Gasteiger partial charge in [0.15, 0.2) is 0 Å². The van der Waals surface area contributed by atoms with E-state index in [4.69, 9.17) is 5.73 Å². The van der Waals surface area contributed by atoms with Crippen LogP contribution in [0.1, 0.15) is 44.1 Å². The third-order valence-corrected chi connectivity index (χ3v) is 4.96. The van der Waals surface area contributed by atoms with E-state index in [-0.39, 0.29) is 11.2 Å². The van der Waals surface area contributed by atoms with Crippen LogP contribution in [-0.2, 0) is 5.41 Å². The summed E-state index contributed by atoms with van der Waals surface area (Å²) < 4.78 is 14.4. The normalized spacial score (nSPS) is 22.1. The highest BCUT2D eigenvalue weighted by atomic mass is 19.1. The van der Waals surface area contributed by atoms with Gasteiger partial charge in [-0.05, 0) is 43.4 Å². The maximum atomic E-state index is 14.4. The Hall–Kier alpha value is -1.09. The fourth-order valence-electron chi connectivity index (χ4n) is 3.71. The van der Waals surface area contributed by atoms with Crippen molar-refractivity contribution < 1.29 is 4.39 Å². The van der Waals surface area contributed by atoms with E-state index in [9.17, 15) is 4.39 Å². The van der Waals surface area contributed by atoms with E-state index in [0.29, 0.717) is 6.54 Å². The lowest BCUT2D eigenvalue weighted by Crippen LogP contribution is -2.32. The Kier molecular flexibility index (Phi) is 3.48. The molecular formula is C16H23FN2. The van der Waals surface area contributed by atoms with Gasteiger partial charge in [-0.2, -0.15) is 0 Å². The first-order valence-corrected chi connectivity index (χ1v) is 7.50. The van der Waals surface area contributed by atoms with Crippen molar-refractivity contribution in [2.45, 2.75) is 43.9 Å². The van der Waals surface area contributed by atoms with Crippen molar-refractivity contribution in [2.24, 2.45) is 5.73 Å². The molecule has 2 fully saturated rings. The molecule has 2 aliphatic rings. The number of hydrogen-bond donors (Lipinski definition) is 1. The van der Waals surface area contributed by atoms with Gasteiger partial charge in [-0.25, -0.2) is 4.39 Å². The molecule has 1 aromatic rings. The first kappa shape index (κ1) is 12.9. The van der Waals surface area contributed by atoms with E-state index in [2.05, 4.69) is 11.0 Å². The zero-order valence-electron chi connectivity index (χ0n) is 11.5. The maximum Gasteiger partial charge on any atom is 0.146 e. The molecule has 1 aliphatic heterocycles. The van der Waals surface area contributed by atoms with Gasteiger partial charge < -0.3 is 10.6 Å². The minimum atomic E-state index is -0.0703. The number of halogens is 1. The van der Waals surface area contributed by atoms with Gasteiger partial charge in [0.2, 0.25) is 0 Å². The maximum absolute atomic E-state index is 14.4. The highest BCUT2D eigenvalue weighted by Gasteiger charge is 2.34. The molecule has 104 valence electrons. The summed E-state index contributed by atoms with van der Waals surface area (Å²) in [6, 6.07) is 5.81. The van der Waals surface area contributed by atoms with Crippen LogP contribution in [0.3, 0.4) is 0 Å². The van der Waals surface area contributed by atoms with E-state index < -0.39 is 0 Å². The Morgan fingerprint density at radius 2 is 1.79 bits per heavy atom. The number of nitrogens with two attached hydrogens (primary N) is 1. The molecule has 1 saturated carbocycles. The quantitative estimate of drug-likeness (QED) is 0.906. The van der Waals surface area contributed by atoms with Gasteiger partial charge >= 0.3 is 0 Å². The third-order valence-electron chi connectivity index (χ3n) is 4.96. The molecule has 0 radical (unpaired) electrons. The topological polar surface area (TPSA) is 29.3 Å². The van der Waals surface area contributed by atoms with Crippen molar-refractivity contribution in [1.29, 1.82) is 0 Å². The van der Waals surface area contributed by atoms with Gasteiger partial charge in [-0.3, -0.25) is 0 Å². The molecule has 0 spiro atoms. The summed E-state index contributed by atoms with van der Waals surface area (Å²) in [5, 5.41) is 0. The SMILES string of the molecule is NCC1(c2ccc(N3CCCC3)c(F)c2)CCCC1. The van der Waals surface area contributed by atoms with E-state index in [0.717, 1.165) is 37.2 Å². The molecule has 3 heteroatoms. The highest BCUT2D eigenvalue weighted by molar-refractivity contribution is 5.51. The summed E-state index contributed by atoms with van der Waals surface area (Å²) in [7, 11) is 0. The van der Waals surface area contributed by atoms with Crippen LogP contribution in [0, 0.1) is 5.82 Å². The summed E-state index contributed by atoms with van der Waals surface area (Å²) in [4.78, 5) is 2.16. The Labute approximate surface area is 114 Å². The number of rotatable bonds is 3. The van der Waals surface area contributed by atoms with Crippen LogP contribution >= 0.6 is 0 Å². The number of benzene rings is 1. The molecule has 0 amide bonds. The minimum Gasteiger partial charge on any atom is -0.369 e. The molecule has 0 atom stereocenters. The second kappa shape index (κ2) is 5.12. The monoisotopic (exact) mass is 262 g/mol. The molecule has 2 N–H and O–H groups in total. The fourth-order valence-corrected chi connectivity index (χ4v) is 3.71. The zero-order valence-corrected chi connectivity index (χ0v) is 11.5. The molecule has 19 heavy (non-hydrogen) atoms. The van der Waals surface area contributed by atoms with Crippen LogP contribution in [0.2, 0.25) is 0 Å². The Morgan fingerprint density at radius 1 is 1.11 bits per heavy atom. The zero-order chi connectivity index (χ0) is 13.3. The summed E-state index contributed by atoms with van der Waals surface area (Å²) in [6.07, 6.45) is 6.99. The van der Waals surface area contributed by atoms with Crippen molar-refractivity contribution in [3.8, 4) is 0 Å². The largest absolute Gasteiger partial charge is 0.369 e. The highest BCUT2D eigenvalue weighted by Crippen LogP contribution is 2.41. The molecule has 1 heterocycles. The van der Waals surface area contributed by atoms with Crippen molar-refractivity contribution >= 4 is 5.69 Å². The Morgan fingerprint density at radius 3 is 2.37 bits per heavy atom. The average Bonchev–Trinajstić information content (AvgIpc) is 3.11. The predicted molar refractivity (Wildman–Crippen MR) is 77.0 cm³/mol. The Bertz CT molecular complexity index is 446. The first-order chi connectivity index (χ1) is 9.25. The molecule has 2 nitrogen and oxygen atoms in total. The average molecular weight is 262 g/mol. The van der Waals surface area contributed by atoms with E-state index in [1.807, 2.05) is 6.07 Å². The number of nitrogens with zero attached hydrogens (tertiary/aromatic N) is 1. The van der Waals surface area contributed by atoms with Crippen molar-refractivity contribution in [1.82, 2.24) is 0 Å². The van der Waals surface area contributed by atoms with Gasteiger partial charge in [0, 0.05) is 25.0 Å². The smallest absolute Gasteiger partial charge is 0.146 e. The van der Waals surface area contributed by atoms with Crippen LogP contribution < -0.4 is 10.6 Å².